The van der Waals surface area contributed by atoms with Gasteiger partial charge in [0, 0.05) is 11.8 Å². The van der Waals surface area contributed by atoms with E-state index in [4.69, 9.17) is 0 Å². The van der Waals surface area contributed by atoms with Crippen molar-refractivity contribution in [2.45, 2.75) is 31.7 Å². The number of amides is 1. The average Bonchev–Trinajstić information content (AvgIpc) is 3.27. The fourth-order valence-corrected chi connectivity index (χ4v) is 4.67. The van der Waals surface area contributed by atoms with Crippen molar-refractivity contribution in [2.75, 3.05) is 10.8 Å². The summed E-state index contributed by atoms with van der Waals surface area (Å²) in [6.45, 7) is -0.578. The number of phenols is 1. The zero-order valence-electron chi connectivity index (χ0n) is 13.7. The van der Waals surface area contributed by atoms with Gasteiger partial charge in [0.15, 0.2) is 5.82 Å². The summed E-state index contributed by atoms with van der Waals surface area (Å²) in [5, 5.41) is 14.5. The van der Waals surface area contributed by atoms with Crippen LogP contribution >= 0.6 is 0 Å². The SMILES string of the molecule is O=C1CN(c2c(O)cc(-c3cnn(C4CCCC4)c3)cc2F)S(=O)(=O)N1. The van der Waals surface area contributed by atoms with Crippen LogP contribution in [0.15, 0.2) is 24.5 Å². The number of halogens is 1. The molecule has 0 radical (unpaired) electrons. The fourth-order valence-electron chi connectivity index (χ4n) is 3.50. The van der Waals surface area contributed by atoms with Crippen LogP contribution in [0.2, 0.25) is 0 Å². The molecule has 4 rings (SSSR count). The molecule has 0 atom stereocenters. The molecule has 26 heavy (non-hydrogen) atoms. The molecule has 138 valence electrons. The lowest BCUT2D eigenvalue weighted by atomic mass is 10.1. The molecule has 10 heteroatoms. The van der Waals surface area contributed by atoms with Gasteiger partial charge in [0.1, 0.15) is 18.0 Å². The summed E-state index contributed by atoms with van der Waals surface area (Å²) in [4.78, 5) is 11.3. The Labute approximate surface area is 149 Å². The fraction of sp³-hybridized carbons (Fsp3) is 0.375. The quantitative estimate of drug-likeness (QED) is 0.843. The summed E-state index contributed by atoms with van der Waals surface area (Å²) in [7, 11) is -4.20. The maximum absolute atomic E-state index is 14.6. The van der Waals surface area contributed by atoms with Crippen molar-refractivity contribution in [1.82, 2.24) is 14.5 Å². The van der Waals surface area contributed by atoms with Crippen LogP contribution in [0.25, 0.3) is 11.1 Å². The van der Waals surface area contributed by atoms with E-state index in [0.29, 0.717) is 21.5 Å². The first-order valence-corrected chi connectivity index (χ1v) is 9.69. The van der Waals surface area contributed by atoms with Crippen molar-refractivity contribution in [2.24, 2.45) is 0 Å². The van der Waals surface area contributed by atoms with Gasteiger partial charge in [-0.15, -0.1) is 0 Å². The van der Waals surface area contributed by atoms with E-state index in [1.54, 1.807) is 17.1 Å². The summed E-state index contributed by atoms with van der Waals surface area (Å²) in [5.41, 5.74) is 0.454. The monoisotopic (exact) mass is 380 g/mol. The van der Waals surface area contributed by atoms with Gasteiger partial charge in [-0.2, -0.15) is 13.5 Å². The molecule has 1 saturated carbocycles. The Balaban J connectivity index is 1.69. The zero-order chi connectivity index (χ0) is 18.5. The molecule has 8 nitrogen and oxygen atoms in total. The second-order valence-corrected chi connectivity index (χ2v) is 8.11. The number of benzene rings is 1. The van der Waals surface area contributed by atoms with Gasteiger partial charge in [-0.25, -0.2) is 13.4 Å². The second kappa shape index (κ2) is 5.97. The van der Waals surface area contributed by atoms with Crippen LogP contribution in [0, 0.1) is 5.82 Å². The number of hydrogen-bond donors (Lipinski definition) is 2. The molecule has 1 aliphatic heterocycles. The summed E-state index contributed by atoms with van der Waals surface area (Å²) < 4.78 is 42.5. The van der Waals surface area contributed by atoms with Gasteiger partial charge in [-0.3, -0.25) is 9.48 Å². The van der Waals surface area contributed by atoms with Crippen LogP contribution in [-0.4, -0.2) is 35.8 Å². The highest BCUT2D eigenvalue weighted by atomic mass is 32.2. The molecule has 2 aromatic rings. The number of phenolic OH excluding ortho intramolecular Hbond substituents is 1. The molecule has 0 bridgehead atoms. The number of carbonyl (C=O) groups is 1. The van der Waals surface area contributed by atoms with Gasteiger partial charge < -0.3 is 5.11 Å². The minimum Gasteiger partial charge on any atom is -0.506 e. The molecule has 1 saturated heterocycles. The molecule has 1 amide bonds. The van der Waals surface area contributed by atoms with Gasteiger partial charge in [0.05, 0.1) is 12.2 Å². The molecule has 2 heterocycles. The third-order valence-electron chi connectivity index (χ3n) is 4.75. The molecular weight excluding hydrogens is 363 g/mol. The standard InChI is InChI=1S/C16H17FN4O4S/c17-13-5-10(11-7-18-20(8-11)12-3-1-2-4-12)6-14(22)16(13)21-9-15(23)19-26(21,24)25/h5-8,12,22H,1-4,9H2,(H,19,23). The zero-order valence-corrected chi connectivity index (χ0v) is 14.5. The Morgan fingerprint density at radius 3 is 2.58 bits per heavy atom. The molecule has 1 aromatic heterocycles. The van der Waals surface area contributed by atoms with E-state index in [1.165, 1.54) is 6.07 Å². The number of nitrogens with one attached hydrogen (secondary N) is 1. The van der Waals surface area contributed by atoms with Crippen molar-refractivity contribution >= 4 is 21.8 Å². The Hall–Kier alpha value is -2.62. The molecular formula is C16H17FN4O4S. The van der Waals surface area contributed by atoms with Crippen LogP contribution in [-0.2, 0) is 15.0 Å². The topological polar surface area (TPSA) is 105 Å². The Morgan fingerprint density at radius 2 is 1.96 bits per heavy atom. The molecule has 2 aliphatic rings. The number of aromatic nitrogens is 2. The number of anilines is 1. The molecule has 0 unspecified atom stereocenters. The normalized spacial score (nSPS) is 19.9. The van der Waals surface area contributed by atoms with E-state index < -0.39 is 39.9 Å². The van der Waals surface area contributed by atoms with Gasteiger partial charge in [0.25, 0.3) is 5.91 Å². The van der Waals surface area contributed by atoms with Crippen LogP contribution in [0.3, 0.4) is 0 Å². The van der Waals surface area contributed by atoms with Crippen molar-refractivity contribution in [3.63, 3.8) is 0 Å². The Bertz CT molecular complexity index is 959. The number of nitrogens with zero attached hydrogens (tertiary/aromatic N) is 3. The lowest BCUT2D eigenvalue weighted by Gasteiger charge is -2.17. The minimum absolute atomic E-state index is 0.327. The predicted molar refractivity (Wildman–Crippen MR) is 91.2 cm³/mol. The van der Waals surface area contributed by atoms with E-state index in [9.17, 15) is 22.7 Å². The summed E-state index contributed by atoms with van der Waals surface area (Å²) in [5.74, 6) is -2.28. The number of aromatic hydroxyl groups is 1. The second-order valence-electron chi connectivity index (χ2n) is 6.51. The molecule has 2 fully saturated rings. The van der Waals surface area contributed by atoms with E-state index in [1.807, 2.05) is 4.68 Å². The molecule has 1 aromatic carbocycles. The van der Waals surface area contributed by atoms with Crippen molar-refractivity contribution in [1.29, 1.82) is 0 Å². The highest BCUT2D eigenvalue weighted by Gasteiger charge is 2.37. The van der Waals surface area contributed by atoms with E-state index in [0.717, 1.165) is 31.7 Å². The van der Waals surface area contributed by atoms with E-state index in [2.05, 4.69) is 5.10 Å². The van der Waals surface area contributed by atoms with Crippen LogP contribution in [0.5, 0.6) is 5.75 Å². The van der Waals surface area contributed by atoms with Gasteiger partial charge >= 0.3 is 10.2 Å². The Morgan fingerprint density at radius 1 is 1.23 bits per heavy atom. The summed E-state index contributed by atoms with van der Waals surface area (Å²) >= 11 is 0. The predicted octanol–water partition coefficient (Wildman–Crippen LogP) is 1.69. The lowest BCUT2D eigenvalue weighted by molar-refractivity contribution is -0.117. The van der Waals surface area contributed by atoms with Gasteiger partial charge in [0.2, 0.25) is 0 Å². The van der Waals surface area contributed by atoms with E-state index in [-0.39, 0.29) is 0 Å². The Kier molecular flexibility index (Phi) is 3.87. The third-order valence-corrected chi connectivity index (χ3v) is 6.12. The maximum Gasteiger partial charge on any atom is 0.326 e. The summed E-state index contributed by atoms with van der Waals surface area (Å²) in [6.07, 6.45) is 7.79. The first kappa shape index (κ1) is 16.8. The first-order chi connectivity index (χ1) is 12.3. The number of carbonyl (C=O) groups excluding carboxylic acids is 1. The largest absolute Gasteiger partial charge is 0.506 e. The highest BCUT2D eigenvalue weighted by Crippen LogP contribution is 2.38. The van der Waals surface area contributed by atoms with Crippen LogP contribution < -0.4 is 9.03 Å². The number of rotatable bonds is 3. The van der Waals surface area contributed by atoms with Crippen molar-refractivity contribution in [3.8, 4) is 16.9 Å². The van der Waals surface area contributed by atoms with Crippen LogP contribution in [0.4, 0.5) is 10.1 Å². The third kappa shape index (κ3) is 2.79. The van der Waals surface area contributed by atoms with E-state index >= 15 is 0 Å². The minimum atomic E-state index is -4.20. The molecule has 2 N–H and O–H groups in total. The summed E-state index contributed by atoms with van der Waals surface area (Å²) in [6, 6.07) is 2.73. The molecule has 0 spiro atoms. The van der Waals surface area contributed by atoms with Crippen LogP contribution in [0.1, 0.15) is 31.7 Å². The van der Waals surface area contributed by atoms with Gasteiger partial charge in [-0.05, 0) is 30.5 Å². The molecule has 1 aliphatic carbocycles. The van der Waals surface area contributed by atoms with Crippen molar-refractivity contribution < 1.29 is 22.7 Å². The highest BCUT2D eigenvalue weighted by molar-refractivity contribution is 7.92. The lowest BCUT2D eigenvalue weighted by Crippen LogP contribution is -2.30. The maximum atomic E-state index is 14.6. The number of hydrogen-bond acceptors (Lipinski definition) is 5. The first-order valence-electron chi connectivity index (χ1n) is 8.25. The smallest absolute Gasteiger partial charge is 0.326 e. The van der Waals surface area contributed by atoms with Crippen molar-refractivity contribution in [3.05, 3.63) is 30.3 Å². The van der Waals surface area contributed by atoms with Gasteiger partial charge in [-0.1, -0.05) is 12.8 Å². The average molecular weight is 380 g/mol.